The number of aliphatic hydroxyl groups excluding tert-OH is 2. The molecule has 1 saturated heterocycles. The third-order valence-corrected chi connectivity index (χ3v) is 4.66. The molecule has 7 heteroatoms. The number of benzene rings is 2. The van der Waals surface area contributed by atoms with E-state index in [4.69, 9.17) is 18.9 Å². The third kappa shape index (κ3) is 5.85. The van der Waals surface area contributed by atoms with Crippen molar-refractivity contribution in [1.29, 1.82) is 0 Å². The Hall–Kier alpha value is -2.29. The van der Waals surface area contributed by atoms with Gasteiger partial charge in [-0.25, -0.2) is 0 Å². The van der Waals surface area contributed by atoms with Crippen LogP contribution in [0.15, 0.2) is 60.7 Å². The molecule has 0 saturated carbocycles. The Morgan fingerprint density at radius 3 is 1.90 bits per heavy atom. The minimum absolute atomic E-state index is 0.216. The number of esters is 1. The number of carbonyl (C=O) groups excluding carboxylic acids is 1. The van der Waals surface area contributed by atoms with E-state index in [0.717, 1.165) is 11.1 Å². The molecule has 2 aromatic rings. The van der Waals surface area contributed by atoms with Gasteiger partial charge in [0.25, 0.3) is 0 Å². The van der Waals surface area contributed by atoms with Gasteiger partial charge in [0.15, 0.2) is 12.4 Å². The average Bonchev–Trinajstić information content (AvgIpc) is 2.73. The smallest absolute Gasteiger partial charge is 0.303 e. The summed E-state index contributed by atoms with van der Waals surface area (Å²) in [6.45, 7) is 1.27. The summed E-state index contributed by atoms with van der Waals surface area (Å²) in [5, 5.41) is 20.2. The van der Waals surface area contributed by atoms with Gasteiger partial charge in [0.2, 0.25) is 0 Å². The van der Waals surface area contributed by atoms with Crippen LogP contribution < -0.4 is 0 Å². The Kier molecular flexibility index (Phi) is 7.74. The Morgan fingerprint density at radius 2 is 1.41 bits per heavy atom. The molecule has 0 aliphatic carbocycles. The second kappa shape index (κ2) is 10.5. The lowest BCUT2D eigenvalue weighted by atomic mass is 9.98. The molecule has 0 aromatic heterocycles. The van der Waals surface area contributed by atoms with E-state index in [-0.39, 0.29) is 13.2 Å². The van der Waals surface area contributed by atoms with Crippen molar-refractivity contribution in [2.45, 2.75) is 50.8 Å². The predicted molar refractivity (Wildman–Crippen MR) is 104 cm³/mol. The summed E-state index contributed by atoms with van der Waals surface area (Å²) in [5.74, 6) is -0.538. The van der Waals surface area contributed by atoms with Gasteiger partial charge < -0.3 is 29.2 Å². The Bertz CT molecular complexity index is 752. The van der Waals surface area contributed by atoms with Crippen molar-refractivity contribution in [2.75, 3.05) is 6.61 Å². The van der Waals surface area contributed by atoms with Crippen LogP contribution in [0, 0.1) is 0 Å². The highest BCUT2D eigenvalue weighted by Gasteiger charge is 2.48. The number of hydrogen-bond acceptors (Lipinski definition) is 7. The monoisotopic (exact) mass is 402 g/mol. The molecular formula is C22H26O7. The first-order valence-corrected chi connectivity index (χ1v) is 9.51. The van der Waals surface area contributed by atoms with Crippen LogP contribution in [0.3, 0.4) is 0 Å². The van der Waals surface area contributed by atoms with Crippen molar-refractivity contribution >= 4 is 5.97 Å². The van der Waals surface area contributed by atoms with Gasteiger partial charge in [-0.1, -0.05) is 60.7 Å². The lowest BCUT2D eigenvalue weighted by molar-refractivity contribution is -0.309. The van der Waals surface area contributed by atoms with Gasteiger partial charge in [0.05, 0.1) is 19.8 Å². The summed E-state index contributed by atoms with van der Waals surface area (Å²) < 4.78 is 22.8. The van der Waals surface area contributed by atoms with Crippen LogP contribution in [0.4, 0.5) is 0 Å². The second-order valence-corrected chi connectivity index (χ2v) is 6.84. The zero-order valence-electron chi connectivity index (χ0n) is 16.2. The highest BCUT2D eigenvalue weighted by Crippen LogP contribution is 2.28. The van der Waals surface area contributed by atoms with Crippen molar-refractivity contribution in [2.24, 2.45) is 0 Å². The zero-order chi connectivity index (χ0) is 20.6. The number of carbonyl (C=O) groups is 1. The largest absolute Gasteiger partial charge is 0.457 e. The lowest BCUT2D eigenvalue weighted by Gasteiger charge is -2.43. The maximum Gasteiger partial charge on any atom is 0.303 e. The van der Waals surface area contributed by atoms with Crippen LogP contribution in [0.1, 0.15) is 18.1 Å². The molecule has 3 rings (SSSR count). The number of ether oxygens (including phenoxy) is 4. The molecule has 1 aliphatic heterocycles. The summed E-state index contributed by atoms with van der Waals surface area (Å²) >= 11 is 0. The normalized spacial score (nSPS) is 26.8. The molecule has 0 bridgehead atoms. The van der Waals surface area contributed by atoms with E-state index in [2.05, 4.69) is 0 Å². The first-order valence-electron chi connectivity index (χ1n) is 9.51. The molecule has 1 aliphatic rings. The van der Waals surface area contributed by atoms with E-state index in [1.165, 1.54) is 6.92 Å². The average molecular weight is 402 g/mol. The van der Waals surface area contributed by atoms with E-state index in [9.17, 15) is 15.0 Å². The SMILES string of the molecule is CC(=O)O[C@H]1[C@H](OCc2ccccc2)[C@@H](OCc2ccccc2)[C@@H](O)O[C@@H]1CO. The summed E-state index contributed by atoms with van der Waals surface area (Å²) in [5.41, 5.74) is 1.83. The van der Waals surface area contributed by atoms with E-state index in [1.54, 1.807) is 0 Å². The fourth-order valence-corrected chi connectivity index (χ4v) is 3.28. The second-order valence-electron chi connectivity index (χ2n) is 6.84. The van der Waals surface area contributed by atoms with Gasteiger partial charge in [0.1, 0.15) is 18.3 Å². The fourth-order valence-electron chi connectivity index (χ4n) is 3.28. The number of hydrogen-bond donors (Lipinski definition) is 2. The standard InChI is InChI=1S/C22H26O7/c1-15(24)28-19-18(12-23)29-22(25)21(27-14-17-10-6-3-7-11-17)20(19)26-13-16-8-4-2-5-9-16/h2-11,18-23,25H,12-14H2,1H3/t18-,19-,20+,21-,22+/m1/s1. The van der Waals surface area contributed by atoms with Gasteiger partial charge >= 0.3 is 5.97 Å². The van der Waals surface area contributed by atoms with Crippen molar-refractivity contribution in [3.63, 3.8) is 0 Å². The summed E-state index contributed by atoms with van der Waals surface area (Å²) in [4.78, 5) is 11.6. The van der Waals surface area contributed by atoms with Crippen molar-refractivity contribution in [3.8, 4) is 0 Å². The van der Waals surface area contributed by atoms with Gasteiger partial charge in [0, 0.05) is 6.92 Å². The third-order valence-electron chi connectivity index (χ3n) is 4.66. The molecule has 156 valence electrons. The van der Waals surface area contributed by atoms with Crippen LogP contribution in [0.25, 0.3) is 0 Å². The van der Waals surface area contributed by atoms with Crippen LogP contribution >= 0.6 is 0 Å². The van der Waals surface area contributed by atoms with E-state index >= 15 is 0 Å². The molecule has 29 heavy (non-hydrogen) atoms. The number of aliphatic hydroxyl groups is 2. The molecule has 0 spiro atoms. The molecule has 0 unspecified atom stereocenters. The molecule has 0 radical (unpaired) electrons. The van der Waals surface area contributed by atoms with Gasteiger partial charge in [-0.2, -0.15) is 0 Å². The molecule has 0 amide bonds. The Labute approximate surface area is 169 Å². The van der Waals surface area contributed by atoms with Crippen molar-refractivity contribution in [3.05, 3.63) is 71.8 Å². The lowest BCUT2D eigenvalue weighted by Crippen LogP contribution is -2.61. The van der Waals surface area contributed by atoms with E-state index < -0.39 is 43.3 Å². The molecule has 7 nitrogen and oxygen atoms in total. The fraction of sp³-hybridized carbons (Fsp3) is 0.409. The summed E-state index contributed by atoms with van der Waals surface area (Å²) in [7, 11) is 0. The highest BCUT2D eigenvalue weighted by molar-refractivity contribution is 5.66. The van der Waals surface area contributed by atoms with Crippen LogP contribution in [0.5, 0.6) is 0 Å². The molecule has 5 atom stereocenters. The topological polar surface area (TPSA) is 94.5 Å². The molecule has 1 heterocycles. The first-order chi connectivity index (χ1) is 14.1. The van der Waals surface area contributed by atoms with Crippen LogP contribution in [0.2, 0.25) is 0 Å². The van der Waals surface area contributed by atoms with Crippen molar-refractivity contribution in [1.82, 2.24) is 0 Å². The minimum atomic E-state index is -1.34. The first kappa shape index (κ1) is 21.4. The van der Waals surface area contributed by atoms with Crippen LogP contribution in [-0.4, -0.2) is 53.5 Å². The van der Waals surface area contributed by atoms with Gasteiger partial charge in [-0.05, 0) is 11.1 Å². The minimum Gasteiger partial charge on any atom is -0.457 e. The maximum absolute atomic E-state index is 11.6. The molecular weight excluding hydrogens is 376 g/mol. The van der Waals surface area contributed by atoms with Gasteiger partial charge in [-0.15, -0.1) is 0 Å². The summed E-state index contributed by atoms with van der Waals surface area (Å²) in [6, 6.07) is 19.0. The Balaban J connectivity index is 1.79. The van der Waals surface area contributed by atoms with Gasteiger partial charge in [-0.3, -0.25) is 4.79 Å². The quantitative estimate of drug-likeness (QED) is 0.650. The highest BCUT2D eigenvalue weighted by atomic mass is 16.7. The molecule has 1 fully saturated rings. The Morgan fingerprint density at radius 1 is 0.897 bits per heavy atom. The predicted octanol–water partition coefficient (Wildman–Crippen LogP) is 1.80. The zero-order valence-corrected chi connectivity index (χ0v) is 16.2. The maximum atomic E-state index is 11.6. The summed E-state index contributed by atoms with van der Waals surface area (Å²) in [6.07, 6.45) is -4.94. The van der Waals surface area contributed by atoms with E-state index in [1.807, 2.05) is 60.7 Å². The van der Waals surface area contributed by atoms with Crippen LogP contribution in [-0.2, 0) is 37.0 Å². The van der Waals surface area contributed by atoms with E-state index in [0.29, 0.717) is 0 Å². The molecule has 2 N–H and O–H groups in total. The molecule has 2 aromatic carbocycles. The van der Waals surface area contributed by atoms with Crippen molar-refractivity contribution < 1.29 is 34.0 Å². The number of rotatable bonds is 8.